The smallest absolute Gasteiger partial charge is 0.150 e. The van der Waals surface area contributed by atoms with Gasteiger partial charge in [0, 0.05) is 26.2 Å². The van der Waals surface area contributed by atoms with Crippen LogP contribution in [0.15, 0.2) is 41.5 Å². The topological polar surface area (TPSA) is 79.4 Å². The highest BCUT2D eigenvalue weighted by molar-refractivity contribution is 6.12. The molecule has 5 rings (SSSR count). The fraction of sp³-hybridized carbons (Fsp3) is 0.435. The summed E-state index contributed by atoms with van der Waals surface area (Å²) in [6, 6.07) is 8.81. The lowest BCUT2D eigenvalue weighted by Gasteiger charge is -2.43. The van der Waals surface area contributed by atoms with Crippen LogP contribution in [0.1, 0.15) is 47.1 Å². The Morgan fingerprint density at radius 2 is 2.00 bits per heavy atom. The van der Waals surface area contributed by atoms with E-state index in [9.17, 15) is 0 Å². The molecule has 1 aliphatic carbocycles. The molecule has 1 atom stereocenters. The van der Waals surface area contributed by atoms with Crippen LogP contribution < -0.4 is 16.0 Å². The lowest BCUT2D eigenvalue weighted by molar-refractivity contribution is 0.187. The molecule has 6 nitrogen and oxygen atoms in total. The van der Waals surface area contributed by atoms with Gasteiger partial charge in [-0.3, -0.25) is 4.99 Å². The van der Waals surface area contributed by atoms with Gasteiger partial charge < -0.3 is 16.0 Å². The van der Waals surface area contributed by atoms with Crippen molar-refractivity contribution in [2.24, 2.45) is 16.1 Å². The van der Waals surface area contributed by atoms with Gasteiger partial charge in [0.25, 0.3) is 0 Å². The first kappa shape index (κ1) is 18.3. The van der Waals surface area contributed by atoms with Gasteiger partial charge in [-0.15, -0.1) is 0 Å². The molecule has 1 spiro atoms. The lowest BCUT2D eigenvalue weighted by Crippen LogP contribution is -2.45. The van der Waals surface area contributed by atoms with Crippen LogP contribution in [0, 0.1) is 12.3 Å². The van der Waals surface area contributed by atoms with E-state index in [1.165, 1.54) is 11.1 Å². The molecule has 2 aliphatic heterocycles. The first-order chi connectivity index (χ1) is 14.0. The highest BCUT2D eigenvalue weighted by Gasteiger charge is 2.46. The summed E-state index contributed by atoms with van der Waals surface area (Å²) < 4.78 is 0. The molecule has 0 bridgehead atoms. The van der Waals surface area contributed by atoms with Crippen LogP contribution in [-0.2, 0) is 13.0 Å². The molecule has 1 fully saturated rings. The number of nitrogens with one attached hydrogen (secondary N) is 1. The van der Waals surface area contributed by atoms with Crippen molar-refractivity contribution in [3.8, 4) is 0 Å². The normalized spacial score (nSPS) is 21.7. The number of nitrogens with two attached hydrogens (primary N) is 1. The highest BCUT2D eigenvalue weighted by Crippen LogP contribution is 2.51. The van der Waals surface area contributed by atoms with E-state index in [1.807, 2.05) is 14.0 Å². The second-order valence-electron chi connectivity index (χ2n) is 8.52. The van der Waals surface area contributed by atoms with Crippen LogP contribution in [0.5, 0.6) is 0 Å². The van der Waals surface area contributed by atoms with Crippen molar-refractivity contribution in [2.75, 3.05) is 25.0 Å². The Hall–Kier alpha value is -2.73. The largest absolute Gasteiger partial charge is 0.387 e. The van der Waals surface area contributed by atoms with Crippen molar-refractivity contribution in [1.82, 2.24) is 15.3 Å². The summed E-state index contributed by atoms with van der Waals surface area (Å²) in [5.41, 5.74) is 14.1. The number of hydrogen-bond donors (Lipinski definition) is 2. The predicted molar refractivity (Wildman–Crippen MR) is 116 cm³/mol. The molecule has 1 saturated heterocycles. The van der Waals surface area contributed by atoms with Crippen LogP contribution in [0.2, 0.25) is 0 Å². The summed E-state index contributed by atoms with van der Waals surface area (Å²) in [5.74, 6) is 0.995. The Morgan fingerprint density at radius 3 is 2.72 bits per heavy atom. The van der Waals surface area contributed by atoms with E-state index in [-0.39, 0.29) is 11.5 Å². The fourth-order valence-electron chi connectivity index (χ4n) is 5.20. The number of rotatable bonds is 3. The Labute approximate surface area is 172 Å². The second-order valence-corrected chi connectivity index (χ2v) is 8.52. The van der Waals surface area contributed by atoms with E-state index in [2.05, 4.69) is 46.1 Å². The first-order valence-electron chi connectivity index (χ1n) is 10.4. The summed E-state index contributed by atoms with van der Waals surface area (Å²) in [7, 11) is 1.85. The van der Waals surface area contributed by atoms with Gasteiger partial charge in [0.1, 0.15) is 17.2 Å². The van der Waals surface area contributed by atoms with E-state index in [0.29, 0.717) is 6.54 Å². The SMILES string of the molecule is C=C(NC)C1=NCc2nc(N3CCC4(CC3)Cc3ccccc3[C@H]4N)c(C)nc21. The minimum Gasteiger partial charge on any atom is -0.387 e. The van der Waals surface area contributed by atoms with Gasteiger partial charge in [0.2, 0.25) is 0 Å². The number of nitrogens with zero attached hydrogens (tertiary/aromatic N) is 4. The van der Waals surface area contributed by atoms with Gasteiger partial charge in [-0.05, 0) is 42.7 Å². The predicted octanol–water partition coefficient (Wildman–Crippen LogP) is 2.66. The molecule has 0 radical (unpaired) electrons. The average molecular weight is 389 g/mol. The number of aliphatic imine (C=N–C) groups is 1. The third kappa shape index (κ3) is 2.77. The van der Waals surface area contributed by atoms with Crippen LogP contribution in [0.25, 0.3) is 0 Å². The van der Waals surface area contributed by atoms with Crippen LogP contribution >= 0.6 is 0 Å². The summed E-state index contributed by atoms with van der Waals surface area (Å²) >= 11 is 0. The summed E-state index contributed by atoms with van der Waals surface area (Å²) in [6.07, 6.45) is 3.26. The van der Waals surface area contributed by atoms with Crippen molar-refractivity contribution >= 4 is 11.5 Å². The molecular formula is C23H28N6. The monoisotopic (exact) mass is 388 g/mol. The van der Waals surface area contributed by atoms with Crippen molar-refractivity contribution in [2.45, 2.75) is 38.8 Å². The zero-order valence-corrected chi connectivity index (χ0v) is 17.2. The Kier molecular flexibility index (Phi) is 4.21. The van der Waals surface area contributed by atoms with E-state index in [4.69, 9.17) is 15.7 Å². The van der Waals surface area contributed by atoms with Gasteiger partial charge in [0.05, 0.1) is 23.6 Å². The number of allylic oxidation sites excluding steroid dienone is 1. The van der Waals surface area contributed by atoms with Crippen LogP contribution in [0.4, 0.5) is 5.82 Å². The molecular weight excluding hydrogens is 360 g/mol. The number of anilines is 1. The maximum atomic E-state index is 6.72. The minimum atomic E-state index is 0.136. The quantitative estimate of drug-likeness (QED) is 0.845. The van der Waals surface area contributed by atoms with E-state index in [0.717, 1.165) is 66.7 Å². The van der Waals surface area contributed by atoms with Gasteiger partial charge in [-0.25, -0.2) is 9.97 Å². The summed E-state index contributed by atoms with van der Waals surface area (Å²) in [4.78, 5) is 16.8. The van der Waals surface area contributed by atoms with Crippen molar-refractivity contribution in [3.05, 3.63) is 64.8 Å². The van der Waals surface area contributed by atoms with Crippen LogP contribution in [0.3, 0.4) is 0 Å². The lowest BCUT2D eigenvalue weighted by atomic mass is 9.73. The molecule has 2 aromatic rings. The number of aromatic nitrogens is 2. The minimum absolute atomic E-state index is 0.136. The van der Waals surface area contributed by atoms with Crippen molar-refractivity contribution < 1.29 is 0 Å². The molecule has 150 valence electrons. The Balaban J connectivity index is 1.36. The fourth-order valence-corrected chi connectivity index (χ4v) is 5.20. The number of likely N-dealkylation sites (N-methyl/N-ethyl adjacent to an activating group) is 1. The molecule has 29 heavy (non-hydrogen) atoms. The van der Waals surface area contributed by atoms with Gasteiger partial charge in [-0.1, -0.05) is 30.8 Å². The molecule has 3 aliphatic rings. The first-order valence-corrected chi connectivity index (χ1v) is 10.4. The average Bonchev–Trinajstić information content (AvgIpc) is 3.27. The van der Waals surface area contributed by atoms with E-state index < -0.39 is 0 Å². The van der Waals surface area contributed by atoms with Gasteiger partial charge in [-0.2, -0.15) is 0 Å². The standard InChI is InChI=1S/C23H28N6/c1-14(25-3)19-20-18(13-26-19)28-22(15(2)27-20)29-10-8-23(9-11-29)12-16-6-4-5-7-17(16)21(23)24/h4-7,21,25H,1,8-13,24H2,2-3H3/t21-/m1/s1. The molecule has 1 aromatic carbocycles. The molecule has 1 aromatic heterocycles. The Bertz CT molecular complexity index is 1020. The number of hydrogen-bond acceptors (Lipinski definition) is 6. The zero-order chi connectivity index (χ0) is 20.2. The number of aryl methyl sites for hydroxylation is 1. The maximum absolute atomic E-state index is 6.72. The highest BCUT2D eigenvalue weighted by atomic mass is 15.2. The van der Waals surface area contributed by atoms with Crippen LogP contribution in [-0.4, -0.2) is 35.8 Å². The Morgan fingerprint density at radius 1 is 1.24 bits per heavy atom. The molecule has 3 N–H and O–H groups in total. The molecule has 0 unspecified atom stereocenters. The molecule has 6 heteroatoms. The van der Waals surface area contributed by atoms with E-state index >= 15 is 0 Å². The zero-order valence-electron chi connectivity index (χ0n) is 17.2. The number of fused-ring (bicyclic) bond motifs is 2. The molecule has 0 amide bonds. The molecule has 0 saturated carbocycles. The second kappa shape index (κ2) is 6.66. The van der Waals surface area contributed by atoms with Crippen molar-refractivity contribution in [3.63, 3.8) is 0 Å². The van der Waals surface area contributed by atoms with Gasteiger partial charge in [0.15, 0.2) is 0 Å². The third-order valence-electron chi connectivity index (χ3n) is 6.97. The van der Waals surface area contributed by atoms with E-state index in [1.54, 1.807) is 0 Å². The molecule has 3 heterocycles. The summed E-state index contributed by atoms with van der Waals surface area (Å²) in [5, 5.41) is 3.07. The number of benzene rings is 1. The maximum Gasteiger partial charge on any atom is 0.150 e. The van der Waals surface area contributed by atoms with Crippen molar-refractivity contribution in [1.29, 1.82) is 0 Å². The van der Waals surface area contributed by atoms with Gasteiger partial charge >= 0.3 is 0 Å². The summed E-state index contributed by atoms with van der Waals surface area (Å²) in [6.45, 7) is 8.58. The number of piperidine rings is 1. The third-order valence-corrected chi connectivity index (χ3v) is 6.97.